The minimum atomic E-state index is -0.338. The highest BCUT2D eigenvalue weighted by molar-refractivity contribution is 6.24. The summed E-state index contributed by atoms with van der Waals surface area (Å²) >= 11 is 6.86. The van der Waals surface area contributed by atoms with Crippen LogP contribution in [0, 0.1) is 0 Å². The molecule has 2 atom stereocenters. The number of alkyl halides is 1. The summed E-state index contributed by atoms with van der Waals surface area (Å²) in [4.78, 5) is 3.68. The van der Waals surface area contributed by atoms with E-state index in [2.05, 4.69) is 22.2 Å². The second-order valence-corrected chi connectivity index (χ2v) is 5.19. The maximum atomic E-state index is 6.86. The molecule has 1 saturated carbocycles. The van der Waals surface area contributed by atoms with E-state index in [-0.39, 0.29) is 10.9 Å². The minimum absolute atomic E-state index is 0.203. The van der Waals surface area contributed by atoms with Crippen LogP contribution in [-0.2, 0) is 4.87 Å². The number of hydrogen-bond acceptors (Lipinski definition) is 2. The number of nitrogens with zero attached hydrogens (tertiary/aromatic N) is 3. The summed E-state index contributed by atoms with van der Waals surface area (Å²) < 4.78 is 1.90. The third-order valence-electron chi connectivity index (χ3n) is 3.56. The molecule has 1 fully saturated rings. The first-order valence-electron chi connectivity index (χ1n) is 5.89. The molecule has 3 nitrogen and oxygen atoms in total. The van der Waals surface area contributed by atoms with Gasteiger partial charge in [0, 0.05) is 0 Å². The molecule has 0 radical (unpaired) electrons. The Balaban J connectivity index is 2.01. The molecule has 2 aromatic rings. The second-order valence-electron chi connectivity index (χ2n) is 4.51. The second kappa shape index (κ2) is 4.15. The lowest BCUT2D eigenvalue weighted by atomic mass is 9.93. The fourth-order valence-corrected chi connectivity index (χ4v) is 3.19. The van der Waals surface area contributed by atoms with E-state index in [1.807, 2.05) is 22.9 Å². The highest BCUT2D eigenvalue weighted by Crippen LogP contribution is 2.51. The minimum Gasteiger partial charge on any atom is -0.248 e. The predicted octanol–water partition coefficient (Wildman–Crippen LogP) is 3.14. The van der Waals surface area contributed by atoms with Crippen molar-refractivity contribution in [2.45, 2.75) is 30.2 Å². The van der Waals surface area contributed by atoms with E-state index in [4.69, 9.17) is 11.6 Å². The van der Waals surface area contributed by atoms with Crippen LogP contribution in [0.3, 0.4) is 0 Å². The SMILES string of the molecule is ClC1(c2ccccc2)CCCC1n1cncn1. The first-order chi connectivity index (χ1) is 8.31. The van der Waals surface area contributed by atoms with Crippen molar-refractivity contribution in [2.24, 2.45) is 0 Å². The van der Waals surface area contributed by atoms with Crippen LogP contribution in [0.5, 0.6) is 0 Å². The summed E-state index contributed by atoms with van der Waals surface area (Å²) in [7, 11) is 0. The van der Waals surface area contributed by atoms with Gasteiger partial charge in [-0.25, -0.2) is 9.67 Å². The van der Waals surface area contributed by atoms with Gasteiger partial charge in [0.15, 0.2) is 0 Å². The Labute approximate surface area is 105 Å². The van der Waals surface area contributed by atoms with Crippen molar-refractivity contribution in [1.82, 2.24) is 14.8 Å². The zero-order valence-corrected chi connectivity index (χ0v) is 10.2. The maximum absolute atomic E-state index is 6.86. The van der Waals surface area contributed by atoms with Crippen LogP contribution in [0.2, 0.25) is 0 Å². The van der Waals surface area contributed by atoms with E-state index in [1.165, 1.54) is 5.56 Å². The van der Waals surface area contributed by atoms with Crippen molar-refractivity contribution < 1.29 is 0 Å². The normalized spacial score (nSPS) is 28.4. The van der Waals surface area contributed by atoms with Crippen molar-refractivity contribution in [2.75, 3.05) is 0 Å². The summed E-state index contributed by atoms with van der Waals surface area (Å²) in [5.74, 6) is 0. The molecule has 3 rings (SSSR count). The molecule has 0 N–H and O–H groups in total. The van der Waals surface area contributed by atoms with Gasteiger partial charge in [-0.1, -0.05) is 30.3 Å². The third-order valence-corrected chi connectivity index (χ3v) is 4.22. The molecule has 0 amide bonds. The third kappa shape index (κ3) is 1.75. The van der Waals surface area contributed by atoms with Crippen LogP contribution in [0.4, 0.5) is 0 Å². The molecular formula is C13H14ClN3. The lowest BCUT2D eigenvalue weighted by Gasteiger charge is -2.29. The van der Waals surface area contributed by atoms with Gasteiger partial charge in [0.2, 0.25) is 0 Å². The van der Waals surface area contributed by atoms with E-state index in [1.54, 1.807) is 12.7 Å². The molecule has 0 spiro atoms. The zero-order valence-electron chi connectivity index (χ0n) is 9.46. The number of halogens is 1. The molecular weight excluding hydrogens is 234 g/mol. The van der Waals surface area contributed by atoms with Crippen molar-refractivity contribution in [3.05, 3.63) is 48.5 Å². The summed E-state index contributed by atoms with van der Waals surface area (Å²) in [5, 5.41) is 4.24. The van der Waals surface area contributed by atoms with Crippen molar-refractivity contribution in [1.29, 1.82) is 0 Å². The lowest BCUT2D eigenvalue weighted by molar-refractivity contribution is 0.385. The monoisotopic (exact) mass is 247 g/mol. The summed E-state index contributed by atoms with van der Waals surface area (Å²) in [6.07, 6.45) is 6.50. The Morgan fingerprint density at radius 3 is 2.82 bits per heavy atom. The van der Waals surface area contributed by atoms with Gasteiger partial charge in [-0.15, -0.1) is 11.6 Å². The predicted molar refractivity (Wildman–Crippen MR) is 66.9 cm³/mol. The van der Waals surface area contributed by atoms with Crippen molar-refractivity contribution >= 4 is 11.6 Å². The average molecular weight is 248 g/mol. The van der Waals surface area contributed by atoms with E-state index in [9.17, 15) is 0 Å². The molecule has 1 heterocycles. The molecule has 1 aliphatic rings. The van der Waals surface area contributed by atoms with Gasteiger partial charge in [-0.3, -0.25) is 0 Å². The van der Waals surface area contributed by atoms with E-state index >= 15 is 0 Å². The first-order valence-corrected chi connectivity index (χ1v) is 6.27. The number of benzene rings is 1. The Bertz CT molecular complexity index is 483. The molecule has 0 bridgehead atoms. The largest absolute Gasteiger partial charge is 0.248 e. The molecule has 2 unspecified atom stereocenters. The highest BCUT2D eigenvalue weighted by Gasteiger charge is 2.44. The molecule has 88 valence electrons. The molecule has 17 heavy (non-hydrogen) atoms. The van der Waals surface area contributed by atoms with Crippen LogP contribution >= 0.6 is 11.6 Å². The van der Waals surface area contributed by atoms with Crippen molar-refractivity contribution in [3.63, 3.8) is 0 Å². The first kappa shape index (κ1) is 10.8. The fourth-order valence-electron chi connectivity index (χ4n) is 2.72. The molecule has 1 aliphatic carbocycles. The van der Waals surface area contributed by atoms with Crippen LogP contribution in [0.25, 0.3) is 0 Å². The molecule has 1 aromatic heterocycles. The molecule has 0 saturated heterocycles. The van der Waals surface area contributed by atoms with Gasteiger partial charge in [0.25, 0.3) is 0 Å². The maximum Gasteiger partial charge on any atom is 0.137 e. The quantitative estimate of drug-likeness (QED) is 0.764. The van der Waals surface area contributed by atoms with Gasteiger partial charge >= 0.3 is 0 Å². The summed E-state index contributed by atoms with van der Waals surface area (Å²) in [6, 6.07) is 10.5. The van der Waals surface area contributed by atoms with E-state index in [0.29, 0.717) is 0 Å². The Hall–Kier alpha value is -1.35. The molecule has 4 heteroatoms. The average Bonchev–Trinajstić information content (AvgIpc) is 2.99. The highest BCUT2D eigenvalue weighted by atomic mass is 35.5. The number of rotatable bonds is 2. The lowest BCUT2D eigenvalue weighted by Crippen LogP contribution is -2.27. The molecule has 1 aromatic carbocycles. The van der Waals surface area contributed by atoms with Gasteiger partial charge in [-0.2, -0.15) is 5.10 Å². The Morgan fingerprint density at radius 2 is 2.12 bits per heavy atom. The van der Waals surface area contributed by atoms with E-state index in [0.717, 1.165) is 19.3 Å². The topological polar surface area (TPSA) is 30.7 Å². The fraction of sp³-hybridized carbons (Fsp3) is 0.385. The van der Waals surface area contributed by atoms with Gasteiger partial charge in [0.1, 0.15) is 12.7 Å². The van der Waals surface area contributed by atoms with E-state index < -0.39 is 0 Å². The van der Waals surface area contributed by atoms with Crippen LogP contribution < -0.4 is 0 Å². The Morgan fingerprint density at radius 1 is 1.29 bits per heavy atom. The van der Waals surface area contributed by atoms with Crippen LogP contribution in [-0.4, -0.2) is 14.8 Å². The Kier molecular flexibility index (Phi) is 2.63. The van der Waals surface area contributed by atoms with Crippen LogP contribution in [0.1, 0.15) is 30.9 Å². The summed E-state index contributed by atoms with van der Waals surface area (Å²) in [5.41, 5.74) is 1.18. The molecule has 0 aliphatic heterocycles. The van der Waals surface area contributed by atoms with Crippen molar-refractivity contribution in [3.8, 4) is 0 Å². The van der Waals surface area contributed by atoms with Crippen LogP contribution in [0.15, 0.2) is 43.0 Å². The number of aromatic nitrogens is 3. The summed E-state index contributed by atoms with van der Waals surface area (Å²) in [6.45, 7) is 0. The standard InChI is InChI=1S/C13H14ClN3/c14-13(11-5-2-1-3-6-11)8-4-7-12(13)17-10-15-9-16-17/h1-3,5-6,9-10,12H,4,7-8H2. The van der Waals surface area contributed by atoms with Gasteiger partial charge in [0.05, 0.1) is 10.9 Å². The van der Waals surface area contributed by atoms with Gasteiger partial charge in [-0.05, 0) is 24.8 Å². The number of hydrogen-bond donors (Lipinski definition) is 0. The zero-order chi connectivity index (χ0) is 11.7. The smallest absolute Gasteiger partial charge is 0.137 e. The van der Waals surface area contributed by atoms with Gasteiger partial charge < -0.3 is 0 Å².